The number of nitrogens with zero attached hydrogens (tertiary/aromatic N) is 2. The van der Waals surface area contributed by atoms with Crippen LogP contribution in [0.25, 0.3) is 22.2 Å². The maximum Gasteiger partial charge on any atom is 0.0495 e. The maximum atomic E-state index is 3.60. The van der Waals surface area contributed by atoms with Gasteiger partial charge in [-0.05, 0) is 36.8 Å². The van der Waals surface area contributed by atoms with Crippen molar-refractivity contribution in [1.82, 2.24) is 4.98 Å². The Balaban J connectivity index is 2.15. The van der Waals surface area contributed by atoms with E-state index in [0.29, 0.717) is 0 Å². The molecule has 1 N–H and O–H groups in total. The first kappa shape index (κ1) is 14.5. The molecule has 0 radical (unpaired) electrons. The number of rotatable bonds is 3. The Bertz CT molecular complexity index is 813. The molecule has 0 amide bonds. The molecule has 0 fully saturated rings. The Morgan fingerprint density at radius 1 is 0.818 bits per heavy atom. The van der Waals surface area contributed by atoms with Crippen molar-refractivity contribution in [3.05, 3.63) is 48.0 Å². The molecule has 3 heteroatoms. The fourth-order valence-electron chi connectivity index (χ4n) is 2.83. The standard InChI is InChI=1S/C19H23N3/c1-13-17-10-9-16(22(4)5)12-18(17)20-19(13)14-7-6-8-15(11-14)21(2)3/h6-12,20H,1-5H3. The highest BCUT2D eigenvalue weighted by molar-refractivity contribution is 5.92. The van der Waals surface area contributed by atoms with Crippen LogP contribution in [0.5, 0.6) is 0 Å². The van der Waals surface area contributed by atoms with Crippen LogP contribution < -0.4 is 9.80 Å². The van der Waals surface area contributed by atoms with Gasteiger partial charge in [-0.2, -0.15) is 0 Å². The van der Waals surface area contributed by atoms with Gasteiger partial charge in [0.1, 0.15) is 0 Å². The number of hydrogen-bond acceptors (Lipinski definition) is 2. The van der Waals surface area contributed by atoms with Gasteiger partial charge < -0.3 is 14.8 Å². The van der Waals surface area contributed by atoms with Gasteiger partial charge in [-0.3, -0.25) is 0 Å². The molecule has 3 nitrogen and oxygen atoms in total. The average molecular weight is 293 g/mol. The van der Waals surface area contributed by atoms with Gasteiger partial charge in [0, 0.05) is 61.7 Å². The topological polar surface area (TPSA) is 22.3 Å². The van der Waals surface area contributed by atoms with E-state index in [-0.39, 0.29) is 0 Å². The van der Waals surface area contributed by atoms with Crippen molar-refractivity contribution in [2.45, 2.75) is 6.92 Å². The van der Waals surface area contributed by atoms with Crippen molar-refractivity contribution in [2.24, 2.45) is 0 Å². The van der Waals surface area contributed by atoms with Crippen LogP contribution in [-0.4, -0.2) is 33.2 Å². The molecule has 0 saturated heterocycles. The fraction of sp³-hybridized carbons (Fsp3) is 0.263. The van der Waals surface area contributed by atoms with Gasteiger partial charge in [0.05, 0.1) is 0 Å². The lowest BCUT2D eigenvalue weighted by molar-refractivity contribution is 1.13. The fourth-order valence-corrected chi connectivity index (χ4v) is 2.83. The van der Waals surface area contributed by atoms with E-state index < -0.39 is 0 Å². The highest BCUT2D eigenvalue weighted by Gasteiger charge is 2.11. The summed E-state index contributed by atoms with van der Waals surface area (Å²) in [7, 11) is 8.28. The predicted molar refractivity (Wildman–Crippen MR) is 97.1 cm³/mol. The van der Waals surface area contributed by atoms with E-state index in [0.717, 1.165) is 0 Å². The largest absolute Gasteiger partial charge is 0.378 e. The lowest BCUT2D eigenvalue weighted by atomic mass is 10.1. The van der Waals surface area contributed by atoms with Crippen LogP contribution >= 0.6 is 0 Å². The van der Waals surface area contributed by atoms with Gasteiger partial charge in [0.2, 0.25) is 0 Å². The number of aromatic amines is 1. The number of aryl methyl sites for hydroxylation is 1. The molecule has 3 rings (SSSR count). The van der Waals surface area contributed by atoms with Crippen LogP contribution in [0.1, 0.15) is 5.56 Å². The predicted octanol–water partition coefficient (Wildman–Crippen LogP) is 4.28. The molecule has 0 aliphatic rings. The molecule has 1 heterocycles. The van der Waals surface area contributed by atoms with Crippen LogP contribution in [0.2, 0.25) is 0 Å². The van der Waals surface area contributed by atoms with Crippen LogP contribution in [0.3, 0.4) is 0 Å². The second-order valence-electron chi connectivity index (χ2n) is 6.19. The Kier molecular flexibility index (Phi) is 3.57. The van der Waals surface area contributed by atoms with Crippen LogP contribution in [0, 0.1) is 6.92 Å². The molecule has 22 heavy (non-hydrogen) atoms. The minimum Gasteiger partial charge on any atom is -0.378 e. The molecule has 0 aliphatic carbocycles. The summed E-state index contributed by atoms with van der Waals surface area (Å²) < 4.78 is 0. The third-order valence-corrected chi connectivity index (χ3v) is 4.21. The van der Waals surface area contributed by atoms with Crippen molar-refractivity contribution in [3.8, 4) is 11.3 Å². The summed E-state index contributed by atoms with van der Waals surface area (Å²) in [6.07, 6.45) is 0. The quantitative estimate of drug-likeness (QED) is 0.779. The average Bonchev–Trinajstić information content (AvgIpc) is 2.84. The molecule has 0 atom stereocenters. The molecule has 0 unspecified atom stereocenters. The zero-order valence-electron chi connectivity index (χ0n) is 13.9. The number of fused-ring (bicyclic) bond motifs is 1. The summed E-state index contributed by atoms with van der Waals surface area (Å²) in [6.45, 7) is 2.19. The minimum absolute atomic E-state index is 1.19. The monoisotopic (exact) mass is 293 g/mol. The van der Waals surface area contributed by atoms with E-state index >= 15 is 0 Å². The maximum absolute atomic E-state index is 3.60. The van der Waals surface area contributed by atoms with Crippen molar-refractivity contribution in [2.75, 3.05) is 38.0 Å². The number of aromatic nitrogens is 1. The number of H-pyrrole nitrogens is 1. The van der Waals surface area contributed by atoms with Crippen molar-refractivity contribution >= 4 is 22.3 Å². The van der Waals surface area contributed by atoms with E-state index in [9.17, 15) is 0 Å². The van der Waals surface area contributed by atoms with E-state index in [1.807, 2.05) is 0 Å². The first-order chi connectivity index (χ1) is 10.5. The Hall–Kier alpha value is -2.42. The highest BCUT2D eigenvalue weighted by Crippen LogP contribution is 2.32. The molecule has 2 aromatic carbocycles. The van der Waals surface area contributed by atoms with Crippen molar-refractivity contribution in [1.29, 1.82) is 0 Å². The zero-order chi connectivity index (χ0) is 15.9. The van der Waals surface area contributed by atoms with E-state index in [4.69, 9.17) is 0 Å². The molecule has 0 saturated carbocycles. The zero-order valence-corrected chi connectivity index (χ0v) is 13.9. The Labute approximate surface area is 132 Å². The van der Waals surface area contributed by atoms with E-state index in [2.05, 4.69) is 92.4 Å². The van der Waals surface area contributed by atoms with Crippen LogP contribution in [-0.2, 0) is 0 Å². The van der Waals surface area contributed by atoms with Crippen LogP contribution in [0.15, 0.2) is 42.5 Å². The molecular weight excluding hydrogens is 270 g/mol. The molecule has 1 aromatic heterocycles. The number of nitrogens with one attached hydrogen (secondary N) is 1. The third-order valence-electron chi connectivity index (χ3n) is 4.21. The van der Waals surface area contributed by atoms with Crippen molar-refractivity contribution in [3.63, 3.8) is 0 Å². The minimum atomic E-state index is 1.19. The first-order valence-corrected chi connectivity index (χ1v) is 7.55. The lowest BCUT2D eigenvalue weighted by Crippen LogP contribution is -2.08. The second-order valence-corrected chi connectivity index (χ2v) is 6.19. The second kappa shape index (κ2) is 5.41. The molecule has 0 spiro atoms. The molecule has 0 aliphatic heterocycles. The smallest absolute Gasteiger partial charge is 0.0495 e. The molecule has 0 bridgehead atoms. The summed E-state index contributed by atoms with van der Waals surface area (Å²) in [4.78, 5) is 7.85. The molecule has 3 aromatic rings. The van der Waals surface area contributed by atoms with Gasteiger partial charge in [0.25, 0.3) is 0 Å². The van der Waals surface area contributed by atoms with Crippen LogP contribution in [0.4, 0.5) is 11.4 Å². The van der Waals surface area contributed by atoms with Crippen molar-refractivity contribution < 1.29 is 0 Å². The van der Waals surface area contributed by atoms with Gasteiger partial charge in [-0.25, -0.2) is 0 Å². The number of hydrogen-bond donors (Lipinski definition) is 1. The Morgan fingerprint density at radius 2 is 1.50 bits per heavy atom. The lowest BCUT2D eigenvalue weighted by Gasteiger charge is -2.13. The van der Waals surface area contributed by atoms with E-state index in [1.54, 1.807) is 0 Å². The summed E-state index contributed by atoms with van der Waals surface area (Å²) in [5, 5.41) is 1.29. The third kappa shape index (κ3) is 2.43. The molecule has 114 valence electrons. The summed E-state index contributed by atoms with van der Waals surface area (Å²) in [6, 6.07) is 15.2. The number of anilines is 2. The first-order valence-electron chi connectivity index (χ1n) is 7.55. The summed E-state index contributed by atoms with van der Waals surface area (Å²) in [5.74, 6) is 0. The summed E-state index contributed by atoms with van der Waals surface area (Å²) in [5.41, 5.74) is 7.35. The van der Waals surface area contributed by atoms with Gasteiger partial charge in [-0.15, -0.1) is 0 Å². The van der Waals surface area contributed by atoms with Gasteiger partial charge in [-0.1, -0.05) is 18.2 Å². The summed E-state index contributed by atoms with van der Waals surface area (Å²) >= 11 is 0. The number of benzene rings is 2. The SMILES string of the molecule is Cc1c(-c2cccc(N(C)C)c2)[nH]c2cc(N(C)C)ccc12. The van der Waals surface area contributed by atoms with Gasteiger partial charge >= 0.3 is 0 Å². The van der Waals surface area contributed by atoms with E-state index in [1.165, 1.54) is 39.1 Å². The normalized spacial score (nSPS) is 11.0. The Morgan fingerprint density at radius 3 is 2.18 bits per heavy atom. The highest BCUT2D eigenvalue weighted by atomic mass is 15.1. The molecular formula is C19H23N3. The van der Waals surface area contributed by atoms with Gasteiger partial charge in [0.15, 0.2) is 0 Å².